The van der Waals surface area contributed by atoms with Crippen molar-refractivity contribution in [3.05, 3.63) is 85.5 Å². The number of benzene rings is 2. The number of hydrogen-bond acceptors (Lipinski definition) is 4. The van der Waals surface area contributed by atoms with Crippen molar-refractivity contribution in [2.24, 2.45) is 0 Å². The first-order chi connectivity index (χ1) is 17.1. The molecule has 5 nitrogen and oxygen atoms in total. The zero-order valence-corrected chi connectivity index (χ0v) is 23.2. The first kappa shape index (κ1) is 26.4. The van der Waals surface area contributed by atoms with Crippen LogP contribution in [0, 0.1) is 20.8 Å². The van der Waals surface area contributed by atoms with Gasteiger partial charge in [0.25, 0.3) is 11.1 Å². The van der Waals surface area contributed by atoms with Gasteiger partial charge in [-0.1, -0.05) is 55.2 Å². The van der Waals surface area contributed by atoms with Gasteiger partial charge in [0.1, 0.15) is 12.4 Å². The van der Waals surface area contributed by atoms with E-state index in [2.05, 4.69) is 26.0 Å². The second-order valence-corrected chi connectivity index (χ2v) is 10.9. The normalized spacial score (nSPS) is 15.0. The Bertz CT molecular complexity index is 1380. The Kier molecular flexibility index (Phi) is 7.88. The quantitative estimate of drug-likeness (QED) is 0.284. The Hall–Kier alpha value is -2.67. The fourth-order valence-corrected chi connectivity index (χ4v) is 5.53. The molecule has 0 spiro atoms. The van der Waals surface area contributed by atoms with Gasteiger partial charge in [-0.2, -0.15) is 0 Å². The van der Waals surface area contributed by atoms with Crippen LogP contribution in [0.3, 0.4) is 0 Å². The average molecular weight is 544 g/mol. The molecule has 1 aromatic heterocycles. The van der Waals surface area contributed by atoms with Gasteiger partial charge in [-0.25, -0.2) is 0 Å². The Labute approximate surface area is 226 Å². The van der Waals surface area contributed by atoms with E-state index >= 15 is 0 Å². The summed E-state index contributed by atoms with van der Waals surface area (Å²) in [6, 6.07) is 13.6. The summed E-state index contributed by atoms with van der Waals surface area (Å²) < 4.78 is 7.99. The van der Waals surface area contributed by atoms with Crippen LogP contribution < -0.4 is 4.74 Å². The highest BCUT2D eigenvalue weighted by molar-refractivity contribution is 8.18. The third kappa shape index (κ3) is 5.22. The number of amides is 2. The average Bonchev–Trinajstić information content (AvgIpc) is 3.24. The van der Waals surface area contributed by atoms with Crippen molar-refractivity contribution in [2.75, 3.05) is 13.2 Å². The van der Waals surface area contributed by atoms with E-state index in [1.807, 2.05) is 49.6 Å². The van der Waals surface area contributed by atoms with Gasteiger partial charge in [-0.3, -0.25) is 14.5 Å². The molecule has 0 atom stereocenters. The van der Waals surface area contributed by atoms with E-state index in [-0.39, 0.29) is 24.3 Å². The molecule has 3 aromatic rings. The molecule has 0 radical (unpaired) electrons. The van der Waals surface area contributed by atoms with Gasteiger partial charge in [0.2, 0.25) is 0 Å². The van der Waals surface area contributed by atoms with E-state index in [1.54, 1.807) is 12.1 Å². The van der Waals surface area contributed by atoms with E-state index in [4.69, 9.17) is 27.9 Å². The van der Waals surface area contributed by atoms with Crippen molar-refractivity contribution >= 4 is 52.2 Å². The topological polar surface area (TPSA) is 51.5 Å². The Morgan fingerprint density at radius 3 is 2.53 bits per heavy atom. The molecule has 0 N–H and O–H groups in total. The van der Waals surface area contributed by atoms with Crippen LogP contribution >= 0.6 is 35.0 Å². The van der Waals surface area contributed by atoms with E-state index in [1.165, 1.54) is 4.90 Å². The van der Waals surface area contributed by atoms with Crippen LogP contribution in [0.2, 0.25) is 10.0 Å². The smallest absolute Gasteiger partial charge is 0.293 e. The van der Waals surface area contributed by atoms with Crippen molar-refractivity contribution < 1.29 is 14.3 Å². The summed E-state index contributed by atoms with van der Waals surface area (Å²) in [6.45, 7) is 10.5. The van der Waals surface area contributed by atoms with Gasteiger partial charge in [0, 0.05) is 11.4 Å². The Morgan fingerprint density at radius 1 is 1.06 bits per heavy atom. The van der Waals surface area contributed by atoms with Crippen LogP contribution in [0.1, 0.15) is 47.8 Å². The summed E-state index contributed by atoms with van der Waals surface area (Å²) in [6.07, 6.45) is 1.76. The molecular formula is C28H28Cl2N2O3S. The lowest BCUT2D eigenvalue weighted by atomic mass is 10.0. The van der Waals surface area contributed by atoms with Crippen molar-refractivity contribution in [1.82, 2.24) is 9.47 Å². The van der Waals surface area contributed by atoms with Crippen LogP contribution in [-0.2, 0) is 4.79 Å². The summed E-state index contributed by atoms with van der Waals surface area (Å²) in [5, 5.41) is 0.634. The molecule has 1 aliphatic rings. The highest BCUT2D eigenvalue weighted by Crippen LogP contribution is 2.36. The third-order valence-electron chi connectivity index (χ3n) is 6.17. The molecule has 2 aromatic carbocycles. The minimum absolute atomic E-state index is 0.185. The predicted octanol–water partition coefficient (Wildman–Crippen LogP) is 7.95. The lowest BCUT2D eigenvalue weighted by Crippen LogP contribution is -2.32. The Balaban J connectivity index is 1.51. The van der Waals surface area contributed by atoms with E-state index in [9.17, 15) is 9.59 Å². The summed E-state index contributed by atoms with van der Waals surface area (Å²) in [4.78, 5) is 27.4. The molecule has 4 rings (SSSR count). The number of aryl methyl sites for hydroxylation is 2. The lowest BCUT2D eigenvalue weighted by Gasteiger charge is -2.17. The first-order valence-electron chi connectivity index (χ1n) is 11.7. The molecule has 1 fully saturated rings. The molecule has 0 saturated carbocycles. The molecule has 2 amide bonds. The van der Waals surface area contributed by atoms with Crippen molar-refractivity contribution in [1.29, 1.82) is 0 Å². The molecular weight excluding hydrogens is 515 g/mol. The number of halogens is 2. The minimum atomic E-state index is -0.312. The molecule has 2 heterocycles. The van der Waals surface area contributed by atoms with Gasteiger partial charge in [0.05, 0.1) is 27.2 Å². The number of hydrogen-bond donors (Lipinski definition) is 0. The number of carbonyl (C=O) groups excluding carboxylic acids is 2. The monoisotopic (exact) mass is 542 g/mol. The molecule has 188 valence electrons. The zero-order chi connectivity index (χ0) is 26.1. The molecule has 0 aliphatic carbocycles. The van der Waals surface area contributed by atoms with Gasteiger partial charge >= 0.3 is 0 Å². The maximum Gasteiger partial charge on any atom is 0.293 e. The maximum atomic E-state index is 13.1. The van der Waals surface area contributed by atoms with Crippen molar-refractivity contribution in [3.63, 3.8) is 0 Å². The highest BCUT2D eigenvalue weighted by atomic mass is 35.5. The van der Waals surface area contributed by atoms with Crippen LogP contribution in [0.15, 0.2) is 47.4 Å². The number of nitrogens with zero attached hydrogens (tertiary/aromatic N) is 2. The molecule has 1 aliphatic heterocycles. The summed E-state index contributed by atoms with van der Waals surface area (Å²) in [5.41, 5.74) is 5.64. The van der Waals surface area contributed by atoms with Crippen LogP contribution in [0.4, 0.5) is 4.79 Å². The third-order valence-corrected chi connectivity index (χ3v) is 7.88. The maximum absolute atomic E-state index is 13.1. The molecule has 0 unspecified atom stereocenters. The number of rotatable bonds is 7. The molecule has 1 saturated heterocycles. The SMILES string of the molecule is Cc1ccc(C(C)C)c(OCCN2C(=O)S/C(=C\c3cc(C)n(-c4cccc(Cl)c4Cl)c3C)C2=O)c1. The second-order valence-electron chi connectivity index (χ2n) is 9.11. The number of imide groups is 1. The van der Waals surface area contributed by atoms with Gasteiger partial charge in [-0.05, 0) is 85.5 Å². The molecule has 8 heteroatoms. The van der Waals surface area contributed by atoms with Crippen LogP contribution in [-0.4, -0.2) is 33.8 Å². The van der Waals surface area contributed by atoms with Crippen LogP contribution in [0.25, 0.3) is 11.8 Å². The number of carbonyl (C=O) groups is 2. The van der Waals surface area contributed by atoms with Crippen molar-refractivity contribution in [3.8, 4) is 11.4 Å². The second kappa shape index (κ2) is 10.8. The summed E-state index contributed by atoms with van der Waals surface area (Å²) in [7, 11) is 0. The zero-order valence-electron chi connectivity index (χ0n) is 20.9. The lowest BCUT2D eigenvalue weighted by molar-refractivity contribution is -0.123. The molecule has 36 heavy (non-hydrogen) atoms. The number of thioether (sulfide) groups is 1. The van der Waals surface area contributed by atoms with Crippen LogP contribution in [0.5, 0.6) is 5.75 Å². The van der Waals surface area contributed by atoms with E-state index in [0.717, 1.165) is 51.3 Å². The Morgan fingerprint density at radius 2 is 1.81 bits per heavy atom. The first-order valence-corrected chi connectivity index (χ1v) is 13.3. The van der Waals surface area contributed by atoms with Gasteiger partial charge < -0.3 is 9.30 Å². The largest absolute Gasteiger partial charge is 0.491 e. The number of aromatic nitrogens is 1. The number of ether oxygens (including phenoxy) is 1. The van der Waals surface area contributed by atoms with Crippen molar-refractivity contribution in [2.45, 2.75) is 40.5 Å². The van der Waals surface area contributed by atoms with E-state index < -0.39 is 0 Å². The molecule has 0 bridgehead atoms. The van der Waals surface area contributed by atoms with E-state index in [0.29, 0.717) is 20.9 Å². The van der Waals surface area contributed by atoms with Gasteiger partial charge in [0.15, 0.2) is 0 Å². The standard InChI is InChI=1S/C28H28Cl2N2O3S/c1-16(2)21-10-9-17(3)13-24(21)35-12-11-31-27(33)25(36-28(31)34)15-20-14-18(4)32(19(20)5)23-8-6-7-22(29)26(23)30/h6-10,13-16H,11-12H2,1-5H3/b25-15-. The summed E-state index contributed by atoms with van der Waals surface area (Å²) >= 11 is 13.6. The van der Waals surface area contributed by atoms with Gasteiger partial charge in [-0.15, -0.1) is 0 Å². The fourth-order valence-electron chi connectivity index (χ4n) is 4.29. The fraction of sp³-hybridized carbons (Fsp3) is 0.286. The summed E-state index contributed by atoms with van der Waals surface area (Å²) in [5.74, 6) is 0.786. The highest BCUT2D eigenvalue weighted by Gasteiger charge is 2.35. The predicted molar refractivity (Wildman–Crippen MR) is 149 cm³/mol. The minimum Gasteiger partial charge on any atom is -0.491 e.